The van der Waals surface area contributed by atoms with Crippen LogP contribution in [0.4, 0.5) is 0 Å². The average Bonchev–Trinajstić information content (AvgIpc) is 2.95. The van der Waals surface area contributed by atoms with Gasteiger partial charge in [-0.25, -0.2) is 0 Å². The zero-order valence-electron chi connectivity index (χ0n) is 15.2. The first-order valence-electron chi connectivity index (χ1n) is 8.56. The van der Waals surface area contributed by atoms with Gasteiger partial charge in [0, 0.05) is 0 Å². The van der Waals surface area contributed by atoms with Crippen LogP contribution in [0, 0.1) is 6.92 Å². The Morgan fingerprint density at radius 3 is 2.40 bits per heavy atom. The Morgan fingerprint density at radius 2 is 1.76 bits per heavy atom. The highest BCUT2D eigenvalue weighted by atomic mass is 32.2. The second kappa shape index (κ2) is 6.56. The summed E-state index contributed by atoms with van der Waals surface area (Å²) in [5.74, 6) is 0. The summed E-state index contributed by atoms with van der Waals surface area (Å²) in [6, 6.07) is 13.0. The van der Waals surface area contributed by atoms with Crippen LogP contribution in [0.5, 0.6) is 0 Å². The maximum Gasteiger partial charge on any atom is 0.312 e. The molecule has 1 atom stereocenters. The van der Waals surface area contributed by atoms with Crippen LogP contribution in [0.25, 0.3) is 0 Å². The molecule has 0 fully saturated rings. The molecule has 1 unspecified atom stereocenters. The molecule has 0 heterocycles. The van der Waals surface area contributed by atoms with Gasteiger partial charge in [-0.3, -0.25) is 0 Å². The van der Waals surface area contributed by atoms with Gasteiger partial charge in [0.1, 0.15) is 0 Å². The van der Waals surface area contributed by atoms with Gasteiger partial charge in [0.2, 0.25) is 0 Å². The van der Waals surface area contributed by atoms with Crippen molar-refractivity contribution in [1.82, 2.24) is 5.48 Å². The van der Waals surface area contributed by atoms with E-state index < -0.39 is 10.1 Å². The Hall–Kier alpha value is -1.69. The lowest BCUT2D eigenvalue weighted by atomic mass is 9.85. The third kappa shape index (κ3) is 3.94. The minimum Gasteiger partial charge on any atom is -0.192 e. The lowest BCUT2D eigenvalue weighted by Gasteiger charge is -2.20. The molecule has 0 aliphatic heterocycles. The van der Waals surface area contributed by atoms with Crippen molar-refractivity contribution in [3.63, 3.8) is 0 Å². The van der Waals surface area contributed by atoms with E-state index in [1.165, 1.54) is 11.1 Å². The van der Waals surface area contributed by atoms with Gasteiger partial charge >= 0.3 is 10.1 Å². The Kier molecular flexibility index (Phi) is 4.75. The van der Waals surface area contributed by atoms with Gasteiger partial charge < -0.3 is 0 Å². The summed E-state index contributed by atoms with van der Waals surface area (Å²) in [4.78, 5) is 0.159. The van der Waals surface area contributed by atoms with Crippen LogP contribution >= 0.6 is 0 Å². The summed E-state index contributed by atoms with van der Waals surface area (Å²) in [6.07, 6.45) is 1.75. The summed E-state index contributed by atoms with van der Waals surface area (Å²) in [5, 5.41) is 0. The summed E-state index contributed by atoms with van der Waals surface area (Å²) >= 11 is 0. The third-order valence-corrected chi connectivity index (χ3v) is 5.86. The van der Waals surface area contributed by atoms with Crippen molar-refractivity contribution in [3.05, 3.63) is 64.7 Å². The van der Waals surface area contributed by atoms with Gasteiger partial charge in [-0.15, -0.1) is 0 Å². The number of hydroxylamine groups is 1. The van der Waals surface area contributed by atoms with Gasteiger partial charge in [-0.2, -0.15) is 18.2 Å². The molecule has 25 heavy (non-hydrogen) atoms. The fourth-order valence-corrected chi connectivity index (χ4v) is 3.89. The molecule has 0 bridgehead atoms. The highest BCUT2D eigenvalue weighted by Gasteiger charge is 2.27. The molecule has 1 aliphatic rings. The predicted molar refractivity (Wildman–Crippen MR) is 98.8 cm³/mol. The molecule has 2 aromatic rings. The normalized spacial score (nSPS) is 17.5. The van der Waals surface area contributed by atoms with Crippen molar-refractivity contribution in [3.8, 4) is 0 Å². The van der Waals surface area contributed by atoms with E-state index in [4.69, 9.17) is 4.28 Å². The van der Waals surface area contributed by atoms with E-state index in [0.29, 0.717) is 0 Å². The van der Waals surface area contributed by atoms with Crippen molar-refractivity contribution in [2.45, 2.75) is 56.9 Å². The SMILES string of the molecule is Cc1ccc(S(=O)(=O)ONC2CCc3cc(C(C)(C)C)ccc32)cc1. The third-order valence-electron chi connectivity index (χ3n) is 4.70. The Morgan fingerprint density at radius 1 is 1.08 bits per heavy atom. The van der Waals surface area contributed by atoms with E-state index in [-0.39, 0.29) is 16.4 Å². The van der Waals surface area contributed by atoms with Crippen LogP contribution < -0.4 is 5.48 Å². The van der Waals surface area contributed by atoms with Gasteiger partial charge in [0.25, 0.3) is 0 Å². The summed E-state index contributed by atoms with van der Waals surface area (Å²) < 4.78 is 29.7. The molecular formula is C20H25NO3S. The molecule has 0 aromatic heterocycles. The molecule has 0 saturated carbocycles. The van der Waals surface area contributed by atoms with E-state index in [0.717, 1.165) is 24.0 Å². The average molecular weight is 359 g/mol. The fourth-order valence-electron chi connectivity index (χ4n) is 3.08. The predicted octanol–water partition coefficient (Wildman–Crippen LogP) is 4.19. The first kappa shape index (κ1) is 18.1. The monoisotopic (exact) mass is 359 g/mol. The van der Waals surface area contributed by atoms with Crippen LogP contribution in [-0.4, -0.2) is 8.42 Å². The first-order chi connectivity index (χ1) is 11.7. The molecule has 3 rings (SSSR count). The quantitative estimate of drug-likeness (QED) is 0.832. The number of nitrogens with one attached hydrogen (secondary N) is 1. The van der Waals surface area contributed by atoms with E-state index in [1.807, 2.05) is 6.92 Å². The molecule has 4 nitrogen and oxygen atoms in total. The highest BCUT2D eigenvalue weighted by molar-refractivity contribution is 7.86. The summed E-state index contributed by atoms with van der Waals surface area (Å²) in [6.45, 7) is 8.49. The molecule has 134 valence electrons. The van der Waals surface area contributed by atoms with Crippen molar-refractivity contribution in [2.24, 2.45) is 0 Å². The number of aryl methyl sites for hydroxylation is 2. The van der Waals surface area contributed by atoms with Gasteiger partial charge in [-0.1, -0.05) is 56.7 Å². The standard InChI is InChI=1S/C20H25NO3S/c1-14-5-9-17(10-6-14)25(22,23)24-21-19-12-7-15-13-16(20(2,3)4)8-11-18(15)19/h5-6,8-11,13,19,21H,7,12H2,1-4H3. The minimum absolute atomic E-state index is 0.103. The number of benzene rings is 2. The number of hydrogen-bond donors (Lipinski definition) is 1. The fraction of sp³-hybridized carbons (Fsp3) is 0.400. The van der Waals surface area contributed by atoms with Crippen LogP contribution in [-0.2, 0) is 26.2 Å². The van der Waals surface area contributed by atoms with Crippen LogP contribution in [0.3, 0.4) is 0 Å². The van der Waals surface area contributed by atoms with E-state index in [1.54, 1.807) is 24.3 Å². The molecule has 2 aromatic carbocycles. The van der Waals surface area contributed by atoms with Crippen molar-refractivity contribution in [2.75, 3.05) is 0 Å². The molecule has 5 heteroatoms. The lowest BCUT2D eigenvalue weighted by molar-refractivity contribution is 0.163. The maximum atomic E-state index is 12.3. The molecule has 0 spiro atoms. The topological polar surface area (TPSA) is 55.4 Å². The van der Waals surface area contributed by atoms with Crippen LogP contribution in [0.15, 0.2) is 47.4 Å². The lowest BCUT2D eigenvalue weighted by Crippen LogP contribution is -2.24. The molecule has 0 radical (unpaired) electrons. The smallest absolute Gasteiger partial charge is 0.192 e. The van der Waals surface area contributed by atoms with Crippen molar-refractivity contribution in [1.29, 1.82) is 0 Å². The second-order valence-electron chi connectivity index (χ2n) is 7.72. The number of fused-ring (bicyclic) bond motifs is 1. The first-order valence-corrected chi connectivity index (χ1v) is 9.97. The van der Waals surface area contributed by atoms with E-state index in [9.17, 15) is 8.42 Å². The Balaban J connectivity index is 1.73. The summed E-state index contributed by atoms with van der Waals surface area (Å²) in [5.41, 5.74) is 7.54. The maximum absolute atomic E-state index is 12.3. The highest BCUT2D eigenvalue weighted by Crippen LogP contribution is 2.34. The van der Waals surface area contributed by atoms with E-state index >= 15 is 0 Å². The largest absolute Gasteiger partial charge is 0.312 e. The Bertz CT molecular complexity index is 865. The summed E-state index contributed by atoms with van der Waals surface area (Å²) in [7, 11) is -3.81. The Labute approximate surface area is 150 Å². The van der Waals surface area contributed by atoms with Gasteiger partial charge in [0.05, 0.1) is 10.9 Å². The molecule has 0 saturated heterocycles. The second-order valence-corrected chi connectivity index (χ2v) is 9.27. The zero-order valence-corrected chi connectivity index (χ0v) is 16.0. The molecule has 1 aliphatic carbocycles. The van der Waals surface area contributed by atoms with Crippen molar-refractivity contribution < 1.29 is 12.7 Å². The molecule has 0 amide bonds. The molecule has 1 N–H and O–H groups in total. The van der Waals surface area contributed by atoms with E-state index in [2.05, 4.69) is 44.5 Å². The van der Waals surface area contributed by atoms with Gasteiger partial charge in [-0.05, 0) is 54.0 Å². The van der Waals surface area contributed by atoms with Crippen LogP contribution in [0.1, 0.15) is 55.5 Å². The molecular weight excluding hydrogens is 334 g/mol. The number of rotatable bonds is 4. The number of hydrogen-bond acceptors (Lipinski definition) is 4. The zero-order chi connectivity index (χ0) is 18.2. The van der Waals surface area contributed by atoms with Gasteiger partial charge in [0.15, 0.2) is 0 Å². The van der Waals surface area contributed by atoms with Crippen molar-refractivity contribution >= 4 is 10.1 Å². The van der Waals surface area contributed by atoms with Crippen LogP contribution in [0.2, 0.25) is 0 Å². The minimum atomic E-state index is -3.81.